The van der Waals surface area contributed by atoms with E-state index in [-0.39, 0.29) is 30.1 Å². The number of urea groups is 1. The van der Waals surface area contributed by atoms with Crippen LogP contribution in [0.1, 0.15) is 11.1 Å². The molecule has 0 unspecified atom stereocenters. The number of nitrogens with one attached hydrogen (secondary N) is 1. The van der Waals surface area contributed by atoms with Crippen LogP contribution in [0.25, 0.3) is 0 Å². The Morgan fingerprint density at radius 3 is 2.58 bits per heavy atom. The van der Waals surface area contributed by atoms with Crippen molar-refractivity contribution < 1.29 is 32.2 Å². The first-order chi connectivity index (χ1) is 12.3. The van der Waals surface area contributed by atoms with Crippen LogP contribution in [0.15, 0.2) is 36.4 Å². The highest BCUT2D eigenvalue weighted by Crippen LogP contribution is 2.36. The summed E-state index contributed by atoms with van der Waals surface area (Å²) < 4.78 is 49.3. The highest BCUT2D eigenvalue weighted by Gasteiger charge is 2.32. The number of benzene rings is 2. The first kappa shape index (κ1) is 17.6. The number of imide groups is 1. The minimum Gasteiger partial charge on any atom is -0.454 e. The summed E-state index contributed by atoms with van der Waals surface area (Å²) in [7, 11) is 0. The van der Waals surface area contributed by atoms with Crippen molar-refractivity contribution in [3.05, 3.63) is 47.5 Å². The second-order valence-corrected chi connectivity index (χ2v) is 5.47. The number of alkyl halides is 3. The summed E-state index contributed by atoms with van der Waals surface area (Å²) in [6.45, 7) is 1.34. The summed E-state index contributed by atoms with van der Waals surface area (Å²) in [5.74, 6) is 0.824. The smallest absolute Gasteiger partial charge is 0.416 e. The van der Waals surface area contributed by atoms with Crippen molar-refractivity contribution in [3.8, 4) is 11.5 Å². The van der Waals surface area contributed by atoms with Gasteiger partial charge < -0.3 is 14.8 Å². The number of aryl methyl sites for hydroxylation is 1. The number of ether oxygens (including phenoxy) is 2. The minimum atomic E-state index is -4.55. The van der Waals surface area contributed by atoms with Crippen LogP contribution in [0.4, 0.5) is 29.3 Å². The molecule has 1 aliphatic rings. The molecule has 1 aliphatic heterocycles. The van der Waals surface area contributed by atoms with Gasteiger partial charge in [-0.25, -0.2) is 9.69 Å². The lowest BCUT2D eigenvalue weighted by molar-refractivity contribution is -0.138. The fourth-order valence-electron chi connectivity index (χ4n) is 2.45. The summed E-state index contributed by atoms with van der Waals surface area (Å²) in [4.78, 5) is 24.4. The molecule has 136 valence electrons. The highest BCUT2D eigenvalue weighted by atomic mass is 19.4. The lowest BCUT2D eigenvalue weighted by atomic mass is 10.1. The maximum atomic E-state index is 13.0. The number of carbonyl (C=O) groups excluding carboxylic acids is 2. The molecule has 1 N–H and O–H groups in total. The summed E-state index contributed by atoms with van der Waals surface area (Å²) in [6.07, 6.45) is -4.29. The van der Waals surface area contributed by atoms with Crippen LogP contribution >= 0.6 is 0 Å². The molecule has 3 amide bonds. The molecule has 0 fully saturated rings. The number of fused-ring (bicyclic) bond motifs is 1. The zero-order chi connectivity index (χ0) is 18.9. The molecule has 0 saturated carbocycles. The molecule has 0 radical (unpaired) electrons. The van der Waals surface area contributed by atoms with Crippen LogP contribution < -0.4 is 19.7 Å². The molecule has 0 aromatic heterocycles. The van der Waals surface area contributed by atoms with Crippen molar-refractivity contribution in [2.45, 2.75) is 13.1 Å². The molecular formula is C17H13F3N2O4. The highest BCUT2D eigenvalue weighted by molar-refractivity contribution is 6.12. The van der Waals surface area contributed by atoms with Crippen molar-refractivity contribution in [1.29, 1.82) is 0 Å². The number of carbonyl (C=O) groups is 2. The third kappa shape index (κ3) is 3.41. The Balaban J connectivity index is 1.83. The van der Waals surface area contributed by atoms with Gasteiger partial charge in [0.1, 0.15) is 0 Å². The van der Waals surface area contributed by atoms with Gasteiger partial charge in [-0.05, 0) is 36.8 Å². The van der Waals surface area contributed by atoms with Gasteiger partial charge in [-0.15, -0.1) is 0 Å². The molecule has 0 spiro atoms. The molecule has 0 bridgehead atoms. The van der Waals surface area contributed by atoms with Crippen LogP contribution in [0.5, 0.6) is 11.5 Å². The van der Waals surface area contributed by atoms with Gasteiger partial charge in [0, 0.05) is 11.8 Å². The van der Waals surface area contributed by atoms with Gasteiger partial charge in [0.05, 0.1) is 11.3 Å². The van der Waals surface area contributed by atoms with Crippen LogP contribution in [0.2, 0.25) is 0 Å². The summed E-state index contributed by atoms with van der Waals surface area (Å²) in [6, 6.07) is 6.88. The second kappa shape index (κ2) is 6.58. The van der Waals surface area contributed by atoms with E-state index in [4.69, 9.17) is 9.47 Å². The Morgan fingerprint density at radius 2 is 1.88 bits per heavy atom. The van der Waals surface area contributed by atoms with Crippen molar-refractivity contribution in [2.24, 2.45) is 0 Å². The molecule has 2 aromatic carbocycles. The van der Waals surface area contributed by atoms with Gasteiger partial charge in [-0.2, -0.15) is 13.2 Å². The first-order valence-corrected chi connectivity index (χ1v) is 7.42. The molecule has 0 aliphatic carbocycles. The quantitative estimate of drug-likeness (QED) is 0.836. The van der Waals surface area contributed by atoms with Crippen LogP contribution in [-0.4, -0.2) is 19.2 Å². The van der Waals surface area contributed by atoms with E-state index in [0.717, 1.165) is 11.0 Å². The average molecular weight is 366 g/mol. The minimum absolute atomic E-state index is 0.0235. The SMILES string of the molecule is Cc1ccc(NC(=O)N(C=O)c2ccc3c(c2)OCO3)cc1C(F)(F)F. The van der Waals surface area contributed by atoms with E-state index < -0.39 is 17.8 Å². The van der Waals surface area contributed by atoms with Crippen molar-refractivity contribution in [3.63, 3.8) is 0 Å². The lowest BCUT2D eigenvalue weighted by Gasteiger charge is -2.18. The number of nitrogens with zero attached hydrogens (tertiary/aromatic N) is 1. The molecule has 3 rings (SSSR count). The molecule has 0 atom stereocenters. The van der Waals surface area contributed by atoms with Gasteiger partial charge in [0.25, 0.3) is 0 Å². The molecule has 0 saturated heterocycles. The average Bonchev–Trinajstić information content (AvgIpc) is 3.04. The fourth-order valence-corrected chi connectivity index (χ4v) is 2.45. The Hall–Kier alpha value is -3.23. The maximum absolute atomic E-state index is 13.0. The first-order valence-electron chi connectivity index (χ1n) is 7.42. The Morgan fingerprint density at radius 1 is 1.15 bits per heavy atom. The number of halogens is 3. The Labute approximate surface area is 146 Å². The number of hydrogen-bond donors (Lipinski definition) is 1. The predicted octanol–water partition coefficient (Wildman–Crippen LogP) is 3.94. The van der Waals surface area contributed by atoms with E-state index in [1.807, 2.05) is 0 Å². The monoisotopic (exact) mass is 366 g/mol. The van der Waals surface area contributed by atoms with Crippen LogP contribution in [0.3, 0.4) is 0 Å². The van der Waals surface area contributed by atoms with E-state index in [9.17, 15) is 22.8 Å². The van der Waals surface area contributed by atoms with Crippen LogP contribution in [-0.2, 0) is 11.0 Å². The number of hydrogen-bond acceptors (Lipinski definition) is 4. The molecule has 6 nitrogen and oxygen atoms in total. The number of amides is 3. The van der Waals surface area contributed by atoms with E-state index in [1.54, 1.807) is 0 Å². The summed E-state index contributed by atoms with van der Waals surface area (Å²) >= 11 is 0. The zero-order valence-corrected chi connectivity index (χ0v) is 13.5. The number of anilines is 2. The molecule has 9 heteroatoms. The van der Waals surface area contributed by atoms with Crippen molar-refractivity contribution in [2.75, 3.05) is 17.0 Å². The topological polar surface area (TPSA) is 67.9 Å². The largest absolute Gasteiger partial charge is 0.454 e. The van der Waals surface area contributed by atoms with Gasteiger partial charge >= 0.3 is 12.2 Å². The van der Waals surface area contributed by atoms with E-state index in [1.165, 1.54) is 37.3 Å². The van der Waals surface area contributed by atoms with Gasteiger partial charge in [0.2, 0.25) is 13.2 Å². The molecule has 2 aromatic rings. The normalized spacial score (nSPS) is 12.6. The standard InChI is InChI=1S/C17H13F3N2O4/c1-10-2-3-11(6-13(10)17(18,19)20)21-16(24)22(8-23)12-4-5-14-15(7-12)26-9-25-14/h2-8H,9H2,1H3,(H,21,24). The molecular weight excluding hydrogens is 353 g/mol. The van der Waals surface area contributed by atoms with Crippen LogP contribution in [0, 0.1) is 6.92 Å². The lowest BCUT2D eigenvalue weighted by Crippen LogP contribution is -2.33. The van der Waals surface area contributed by atoms with Gasteiger partial charge in [-0.3, -0.25) is 4.79 Å². The van der Waals surface area contributed by atoms with Crippen molar-refractivity contribution in [1.82, 2.24) is 0 Å². The fraction of sp³-hybridized carbons (Fsp3) is 0.176. The predicted molar refractivity (Wildman–Crippen MR) is 86.3 cm³/mol. The maximum Gasteiger partial charge on any atom is 0.416 e. The third-order valence-corrected chi connectivity index (χ3v) is 3.75. The molecule has 1 heterocycles. The zero-order valence-electron chi connectivity index (χ0n) is 13.5. The number of rotatable bonds is 3. The Kier molecular flexibility index (Phi) is 4.45. The van der Waals surface area contributed by atoms with Gasteiger partial charge in [0.15, 0.2) is 11.5 Å². The Bertz CT molecular complexity index is 868. The summed E-state index contributed by atoms with van der Waals surface area (Å²) in [5.41, 5.74) is -0.736. The second-order valence-electron chi connectivity index (χ2n) is 5.47. The van der Waals surface area contributed by atoms with Crippen molar-refractivity contribution >= 4 is 23.8 Å². The summed E-state index contributed by atoms with van der Waals surface area (Å²) in [5, 5.41) is 2.28. The van der Waals surface area contributed by atoms with E-state index in [0.29, 0.717) is 11.5 Å². The third-order valence-electron chi connectivity index (χ3n) is 3.75. The van der Waals surface area contributed by atoms with E-state index >= 15 is 0 Å². The molecule has 26 heavy (non-hydrogen) atoms. The van der Waals surface area contributed by atoms with Gasteiger partial charge in [-0.1, -0.05) is 6.07 Å². The van der Waals surface area contributed by atoms with E-state index in [2.05, 4.69) is 5.32 Å².